The molecular formula is C29H31Cl2FIN8NaO2. The van der Waals surface area contributed by atoms with E-state index in [0.29, 0.717) is 11.6 Å². The van der Waals surface area contributed by atoms with Crippen molar-refractivity contribution in [3.05, 3.63) is 105 Å². The first-order valence-electron chi connectivity index (χ1n) is 13.6. The second-order valence-corrected chi connectivity index (χ2v) is 12.4. The molecule has 0 saturated heterocycles. The predicted molar refractivity (Wildman–Crippen MR) is 180 cm³/mol. The van der Waals surface area contributed by atoms with Crippen LogP contribution in [0.2, 0.25) is 10.6 Å². The third-order valence-electron chi connectivity index (χ3n) is 5.57. The summed E-state index contributed by atoms with van der Waals surface area (Å²) in [7, 11) is -1.00. The van der Waals surface area contributed by atoms with E-state index in [4.69, 9.17) is 24.6 Å². The van der Waals surface area contributed by atoms with E-state index < -0.39 is 7.15 Å². The van der Waals surface area contributed by atoms with Crippen molar-refractivity contribution in [2.45, 2.75) is 37.7 Å². The van der Waals surface area contributed by atoms with E-state index in [1.165, 1.54) is 10.8 Å². The number of hydrogen-bond acceptors (Lipinski definition) is 6. The quantitative estimate of drug-likeness (QED) is 0.126. The molecule has 4 heterocycles. The van der Waals surface area contributed by atoms with Gasteiger partial charge in [0.2, 0.25) is 10.6 Å². The minimum absolute atomic E-state index is 0. The van der Waals surface area contributed by atoms with Crippen LogP contribution in [0.25, 0.3) is 33.7 Å². The molecule has 0 amide bonds. The molecule has 15 heteroatoms. The molecule has 4 aromatic heterocycles. The van der Waals surface area contributed by atoms with Gasteiger partial charge in [-0.05, 0) is 61.3 Å². The number of H-pyrrole nitrogens is 1. The second-order valence-electron chi connectivity index (χ2n) is 9.23. The molecule has 0 saturated carbocycles. The number of benzene rings is 2. The Bertz CT molecular complexity index is 1950. The molecule has 1 N–H and O–H groups in total. The standard InChI is InChI=1S/C14H13ClN4O.C11H7ClN4O.C3H7I.CH3F.Na.H/c1-9(2)18-10-5-3-4-6-11(10)19(14(18)20)12-7-8-16-13(15)17-12;12-10-13-6-5-9(15-10)16-8-4-2-1-3-7(8)14-11(16)17;1-3(2)4;1-2;;/h3-9H,1-2H3;1-6H,(H,14,17);3H,1-2H3;1H3;;/q;;;;+1;-1/i;;;1D;;. The molecule has 0 fully saturated rings. The third kappa shape index (κ3) is 9.21. The van der Waals surface area contributed by atoms with Crippen LogP contribution in [-0.2, 0) is 0 Å². The van der Waals surface area contributed by atoms with E-state index in [2.05, 4.69) is 61.4 Å². The van der Waals surface area contributed by atoms with Crippen LogP contribution in [0.3, 0.4) is 0 Å². The number of imidazole rings is 2. The number of nitrogens with zero attached hydrogens (tertiary/aromatic N) is 7. The Morgan fingerprint density at radius 2 is 1.30 bits per heavy atom. The summed E-state index contributed by atoms with van der Waals surface area (Å²) in [5.41, 5.74) is 2.82. The summed E-state index contributed by atoms with van der Waals surface area (Å²) in [6.07, 6.45) is 3.05. The molecule has 0 bridgehead atoms. The Labute approximate surface area is 302 Å². The van der Waals surface area contributed by atoms with Crippen molar-refractivity contribution >= 4 is 67.9 Å². The third-order valence-corrected chi connectivity index (χ3v) is 5.93. The van der Waals surface area contributed by atoms with E-state index in [1.54, 1.807) is 27.5 Å². The van der Waals surface area contributed by atoms with Gasteiger partial charge < -0.3 is 6.41 Å². The van der Waals surface area contributed by atoms with Gasteiger partial charge in [0.25, 0.3) is 0 Å². The van der Waals surface area contributed by atoms with Gasteiger partial charge in [-0.3, -0.25) is 8.96 Å². The fourth-order valence-corrected chi connectivity index (χ4v) is 4.36. The van der Waals surface area contributed by atoms with Gasteiger partial charge in [0.15, 0.2) is 0 Å². The predicted octanol–water partition coefficient (Wildman–Crippen LogP) is 4.11. The fourth-order valence-electron chi connectivity index (χ4n) is 4.07. The number of hydrogen-bond donors (Lipinski definition) is 1. The van der Waals surface area contributed by atoms with Gasteiger partial charge in [0, 0.05) is 34.5 Å². The molecule has 0 radical (unpaired) electrons. The summed E-state index contributed by atoms with van der Waals surface area (Å²) in [4.78, 5) is 43.1. The second kappa shape index (κ2) is 17.8. The molecule has 228 valence electrons. The number of rotatable bonds is 3. The van der Waals surface area contributed by atoms with Gasteiger partial charge in [-0.15, -0.1) is 0 Å². The van der Waals surface area contributed by atoms with Crippen molar-refractivity contribution in [3.63, 3.8) is 0 Å². The monoisotopic (exact) mass is 763 g/mol. The first kappa shape index (κ1) is 35.9. The molecular weight excluding hydrogens is 732 g/mol. The van der Waals surface area contributed by atoms with Gasteiger partial charge in [0.05, 0.1) is 30.6 Å². The number of para-hydroxylation sites is 4. The SMILES string of the molecule is CC(C)I.CC(C)n1c(=O)n(-c2ccnc(Cl)n2)c2ccccc21.O=c1[nH]c2ccccc2n1-c1ccnc(Cl)n1.[2H]CF.[H-].[Na+]. The van der Waals surface area contributed by atoms with Crippen LogP contribution in [0.1, 0.15) is 36.5 Å². The molecule has 0 unspecified atom stereocenters. The Morgan fingerprint density at radius 3 is 1.80 bits per heavy atom. The largest absolute Gasteiger partial charge is 1.00 e. The average Bonchev–Trinajstić information content (AvgIpc) is 3.46. The average molecular weight is 764 g/mol. The number of nitrogens with one attached hydrogen (secondary N) is 1. The van der Waals surface area contributed by atoms with Crippen LogP contribution in [0.4, 0.5) is 4.39 Å². The Hall–Kier alpha value is -2.62. The van der Waals surface area contributed by atoms with Gasteiger partial charge in [-0.25, -0.2) is 28.7 Å². The van der Waals surface area contributed by atoms with Crippen LogP contribution in [0.5, 0.6) is 0 Å². The smallest absolute Gasteiger partial charge is 1.00 e. The summed E-state index contributed by atoms with van der Waals surface area (Å²) in [6.45, 7) is 8.26. The van der Waals surface area contributed by atoms with Crippen molar-refractivity contribution < 1.29 is 36.7 Å². The molecule has 0 atom stereocenters. The Balaban J connectivity index is 0.000000372. The summed E-state index contributed by atoms with van der Waals surface area (Å²) in [5, 5.41) is 0.232. The van der Waals surface area contributed by atoms with Crippen molar-refractivity contribution in [3.8, 4) is 11.6 Å². The summed E-state index contributed by atoms with van der Waals surface area (Å²) in [5.74, 6) is 0.929. The minimum atomic E-state index is -1.00. The molecule has 6 rings (SSSR count). The zero-order valence-electron chi connectivity index (χ0n) is 26.7. The molecule has 10 nitrogen and oxygen atoms in total. The van der Waals surface area contributed by atoms with E-state index in [9.17, 15) is 14.0 Å². The molecule has 0 aliphatic carbocycles. The molecule has 0 aliphatic rings. The van der Waals surface area contributed by atoms with Crippen LogP contribution in [0.15, 0.2) is 82.6 Å². The fraction of sp³-hybridized carbons (Fsp3) is 0.241. The van der Waals surface area contributed by atoms with E-state index in [-0.39, 0.29) is 59.0 Å². The maximum Gasteiger partial charge on any atom is 1.00 e. The topological polar surface area (TPSA) is 116 Å². The zero-order chi connectivity index (χ0) is 32.4. The summed E-state index contributed by atoms with van der Waals surface area (Å²) in [6, 6.07) is 18.4. The molecule has 0 spiro atoms. The van der Waals surface area contributed by atoms with E-state index in [1.807, 2.05) is 62.4 Å². The Kier molecular flexibility index (Phi) is 14.5. The van der Waals surface area contributed by atoms with Crippen molar-refractivity contribution in [2.24, 2.45) is 0 Å². The van der Waals surface area contributed by atoms with Crippen LogP contribution >= 0.6 is 45.8 Å². The number of aromatic amines is 1. The van der Waals surface area contributed by atoms with Gasteiger partial charge >= 0.3 is 40.9 Å². The van der Waals surface area contributed by atoms with Gasteiger partial charge in [-0.2, -0.15) is 9.97 Å². The van der Waals surface area contributed by atoms with Gasteiger partial charge in [0.1, 0.15) is 11.6 Å². The number of alkyl halides is 2. The van der Waals surface area contributed by atoms with Crippen LogP contribution < -0.4 is 40.9 Å². The number of aromatic nitrogens is 8. The van der Waals surface area contributed by atoms with Crippen LogP contribution in [-0.4, -0.2) is 49.7 Å². The van der Waals surface area contributed by atoms with Crippen LogP contribution in [0, 0.1) is 0 Å². The minimum Gasteiger partial charge on any atom is -1.00 e. The van der Waals surface area contributed by atoms with Crippen molar-refractivity contribution in [1.29, 1.82) is 0 Å². The van der Waals surface area contributed by atoms with Crippen molar-refractivity contribution in [2.75, 3.05) is 7.15 Å². The summed E-state index contributed by atoms with van der Waals surface area (Å²) < 4.78 is 21.1. The summed E-state index contributed by atoms with van der Waals surface area (Å²) >= 11 is 13.9. The molecule has 2 aromatic carbocycles. The first-order chi connectivity index (χ1) is 21.0. The number of fused-ring (bicyclic) bond motifs is 2. The number of halogens is 4. The van der Waals surface area contributed by atoms with Crippen molar-refractivity contribution in [1.82, 2.24) is 38.6 Å². The molecule has 0 aliphatic heterocycles. The van der Waals surface area contributed by atoms with E-state index in [0.717, 1.165) is 26.0 Å². The normalized spacial score (nSPS) is 10.6. The first-order valence-corrected chi connectivity index (χ1v) is 14.9. The maximum absolute atomic E-state index is 12.7. The van der Waals surface area contributed by atoms with Gasteiger partial charge in [-0.1, -0.05) is 60.7 Å². The zero-order valence-corrected chi connectivity index (χ0v) is 30.4. The molecule has 6 aromatic rings. The Morgan fingerprint density at radius 1 is 0.841 bits per heavy atom. The molecule has 44 heavy (non-hydrogen) atoms. The van der Waals surface area contributed by atoms with E-state index >= 15 is 0 Å². The maximum atomic E-state index is 12.7.